The third-order valence-corrected chi connectivity index (χ3v) is 4.27. The van der Waals surface area contributed by atoms with Crippen LogP contribution in [0.4, 0.5) is 8.78 Å². The highest BCUT2D eigenvalue weighted by Crippen LogP contribution is 2.18. The second-order valence-corrected chi connectivity index (χ2v) is 6.02. The van der Waals surface area contributed by atoms with Gasteiger partial charge in [-0.05, 0) is 52.0 Å². The van der Waals surface area contributed by atoms with E-state index in [0.717, 1.165) is 38.2 Å². The van der Waals surface area contributed by atoms with Crippen molar-refractivity contribution in [2.45, 2.75) is 19.4 Å². The maximum atomic E-state index is 13.7. The number of hydrogen-bond donors (Lipinski definition) is 0. The van der Waals surface area contributed by atoms with Gasteiger partial charge < -0.3 is 4.90 Å². The molecule has 1 aliphatic rings. The van der Waals surface area contributed by atoms with Gasteiger partial charge in [-0.15, -0.1) is 0 Å². The predicted molar refractivity (Wildman–Crippen MR) is 78.4 cm³/mol. The van der Waals surface area contributed by atoms with Gasteiger partial charge in [-0.25, -0.2) is 8.78 Å². The molecule has 2 atom stereocenters. The standard InChI is InChI=1S/C16H22F2N2O/c1-11(20(3)10-12-6-7-19(2)9-12)16(21)14-5-4-13(17)8-15(14)18/h4-5,8,11-12H,6-7,9-10H2,1-3H3. The number of halogens is 2. The van der Waals surface area contributed by atoms with Crippen LogP contribution in [-0.4, -0.2) is 55.4 Å². The van der Waals surface area contributed by atoms with Gasteiger partial charge in [0.1, 0.15) is 11.6 Å². The molecule has 1 aliphatic heterocycles. The molecular formula is C16H22F2N2O. The first-order valence-corrected chi connectivity index (χ1v) is 7.26. The van der Waals surface area contributed by atoms with Crippen molar-refractivity contribution >= 4 is 5.78 Å². The molecule has 21 heavy (non-hydrogen) atoms. The second kappa shape index (κ2) is 6.62. The van der Waals surface area contributed by atoms with Crippen LogP contribution in [-0.2, 0) is 0 Å². The van der Waals surface area contributed by atoms with Crippen molar-refractivity contribution in [3.63, 3.8) is 0 Å². The van der Waals surface area contributed by atoms with Gasteiger partial charge in [0.05, 0.1) is 11.6 Å². The lowest BCUT2D eigenvalue weighted by Gasteiger charge is -2.26. The minimum atomic E-state index is -0.791. The molecule has 0 aliphatic carbocycles. The van der Waals surface area contributed by atoms with Crippen molar-refractivity contribution in [2.75, 3.05) is 33.7 Å². The first-order valence-electron chi connectivity index (χ1n) is 7.26. The average molecular weight is 296 g/mol. The number of hydrogen-bond acceptors (Lipinski definition) is 3. The van der Waals surface area contributed by atoms with Crippen LogP contribution in [0.1, 0.15) is 23.7 Å². The zero-order valence-electron chi connectivity index (χ0n) is 12.8. The van der Waals surface area contributed by atoms with Gasteiger partial charge in [0.15, 0.2) is 5.78 Å². The molecule has 2 unspecified atom stereocenters. The van der Waals surface area contributed by atoms with Gasteiger partial charge >= 0.3 is 0 Å². The first kappa shape index (κ1) is 16.0. The van der Waals surface area contributed by atoms with Gasteiger partial charge in [0.2, 0.25) is 0 Å². The Bertz CT molecular complexity index is 521. The van der Waals surface area contributed by atoms with E-state index in [9.17, 15) is 13.6 Å². The lowest BCUT2D eigenvalue weighted by atomic mass is 10.0. The zero-order chi connectivity index (χ0) is 15.6. The van der Waals surface area contributed by atoms with Crippen molar-refractivity contribution in [1.29, 1.82) is 0 Å². The van der Waals surface area contributed by atoms with Crippen LogP contribution < -0.4 is 0 Å². The number of nitrogens with zero attached hydrogens (tertiary/aromatic N) is 2. The Kier molecular flexibility index (Phi) is 5.06. The molecule has 3 nitrogen and oxygen atoms in total. The van der Waals surface area contributed by atoms with Crippen LogP contribution in [0.15, 0.2) is 18.2 Å². The van der Waals surface area contributed by atoms with E-state index >= 15 is 0 Å². The number of likely N-dealkylation sites (N-methyl/N-ethyl adjacent to an activating group) is 1. The highest BCUT2D eigenvalue weighted by Gasteiger charge is 2.26. The van der Waals surface area contributed by atoms with Gasteiger partial charge in [-0.2, -0.15) is 0 Å². The Morgan fingerprint density at radius 2 is 2.19 bits per heavy atom. The molecule has 1 aromatic carbocycles. The molecule has 0 radical (unpaired) electrons. The Morgan fingerprint density at radius 3 is 2.76 bits per heavy atom. The van der Waals surface area contributed by atoms with Crippen molar-refractivity contribution in [2.24, 2.45) is 5.92 Å². The van der Waals surface area contributed by atoms with Crippen LogP contribution in [0.25, 0.3) is 0 Å². The molecule has 0 N–H and O–H groups in total. The number of likely N-dealkylation sites (tertiary alicyclic amines) is 1. The summed E-state index contributed by atoms with van der Waals surface area (Å²) in [5.41, 5.74) is -0.0423. The van der Waals surface area contributed by atoms with Crippen LogP contribution in [0.2, 0.25) is 0 Å². The maximum Gasteiger partial charge on any atom is 0.182 e. The average Bonchev–Trinajstić information content (AvgIpc) is 2.82. The van der Waals surface area contributed by atoms with Gasteiger partial charge in [-0.3, -0.25) is 9.69 Å². The van der Waals surface area contributed by atoms with E-state index in [1.54, 1.807) is 6.92 Å². The summed E-state index contributed by atoms with van der Waals surface area (Å²) >= 11 is 0. The minimum Gasteiger partial charge on any atom is -0.306 e. The number of rotatable bonds is 5. The van der Waals surface area contributed by atoms with E-state index in [4.69, 9.17) is 0 Å². The number of ketones is 1. The lowest BCUT2D eigenvalue weighted by molar-refractivity contribution is 0.0849. The Morgan fingerprint density at radius 1 is 1.48 bits per heavy atom. The third-order valence-electron chi connectivity index (χ3n) is 4.27. The predicted octanol–water partition coefficient (Wildman–Crippen LogP) is 2.42. The fourth-order valence-electron chi connectivity index (χ4n) is 2.86. The monoisotopic (exact) mass is 296 g/mol. The molecular weight excluding hydrogens is 274 g/mol. The number of carbonyl (C=O) groups excluding carboxylic acids is 1. The van der Waals surface area contributed by atoms with E-state index < -0.39 is 17.7 Å². The molecule has 2 rings (SSSR count). The van der Waals surface area contributed by atoms with Crippen molar-refractivity contribution in [3.05, 3.63) is 35.4 Å². The SMILES string of the molecule is CC(C(=O)c1ccc(F)cc1F)N(C)CC1CCN(C)C1. The first-order chi connectivity index (χ1) is 9.88. The fourth-order valence-corrected chi connectivity index (χ4v) is 2.86. The summed E-state index contributed by atoms with van der Waals surface area (Å²) in [4.78, 5) is 16.6. The molecule has 1 saturated heterocycles. The number of benzene rings is 1. The molecule has 0 amide bonds. The molecule has 0 spiro atoms. The molecule has 116 valence electrons. The topological polar surface area (TPSA) is 23.6 Å². The van der Waals surface area contributed by atoms with Crippen LogP contribution in [0.5, 0.6) is 0 Å². The van der Waals surface area contributed by atoms with Crippen LogP contribution in [0.3, 0.4) is 0 Å². The van der Waals surface area contributed by atoms with Gasteiger partial charge in [0.25, 0.3) is 0 Å². The van der Waals surface area contributed by atoms with Crippen LogP contribution in [0, 0.1) is 17.6 Å². The molecule has 5 heteroatoms. The Hall–Kier alpha value is -1.33. The van der Waals surface area contributed by atoms with E-state index in [-0.39, 0.29) is 11.3 Å². The van der Waals surface area contributed by atoms with Crippen molar-refractivity contribution in [3.8, 4) is 0 Å². The van der Waals surface area contributed by atoms with Crippen molar-refractivity contribution < 1.29 is 13.6 Å². The fraction of sp³-hybridized carbons (Fsp3) is 0.562. The molecule has 0 bridgehead atoms. The second-order valence-electron chi connectivity index (χ2n) is 6.02. The van der Waals surface area contributed by atoms with E-state index in [0.29, 0.717) is 5.92 Å². The molecule has 1 heterocycles. The molecule has 1 fully saturated rings. The molecule has 0 saturated carbocycles. The Labute approximate surface area is 124 Å². The minimum absolute atomic E-state index is 0.0423. The Balaban J connectivity index is 2.01. The normalized spacial score (nSPS) is 21.0. The number of Topliss-reactive ketones (excluding diaryl/α,β-unsaturated/α-hetero) is 1. The highest BCUT2D eigenvalue weighted by atomic mass is 19.1. The summed E-state index contributed by atoms with van der Waals surface area (Å²) in [5, 5.41) is 0. The van der Waals surface area contributed by atoms with E-state index in [1.807, 2.05) is 11.9 Å². The summed E-state index contributed by atoms with van der Waals surface area (Å²) in [5.74, 6) is -1.23. The summed E-state index contributed by atoms with van der Waals surface area (Å²) < 4.78 is 26.6. The molecule has 0 aromatic heterocycles. The third kappa shape index (κ3) is 3.86. The van der Waals surface area contributed by atoms with Crippen molar-refractivity contribution in [1.82, 2.24) is 9.80 Å². The maximum absolute atomic E-state index is 13.7. The van der Waals surface area contributed by atoms with Gasteiger partial charge in [-0.1, -0.05) is 0 Å². The quantitative estimate of drug-likeness (QED) is 0.780. The highest BCUT2D eigenvalue weighted by molar-refractivity contribution is 6.00. The van der Waals surface area contributed by atoms with Gasteiger partial charge in [0, 0.05) is 19.2 Å². The summed E-state index contributed by atoms with van der Waals surface area (Å²) in [6.07, 6.45) is 1.12. The summed E-state index contributed by atoms with van der Waals surface area (Å²) in [6.45, 7) is 4.67. The van der Waals surface area contributed by atoms with E-state index in [1.165, 1.54) is 6.07 Å². The lowest BCUT2D eigenvalue weighted by Crippen LogP contribution is -2.39. The van der Waals surface area contributed by atoms with E-state index in [2.05, 4.69) is 11.9 Å². The smallest absolute Gasteiger partial charge is 0.182 e. The largest absolute Gasteiger partial charge is 0.306 e. The van der Waals surface area contributed by atoms with Crippen LogP contribution >= 0.6 is 0 Å². The zero-order valence-corrected chi connectivity index (χ0v) is 12.8. The summed E-state index contributed by atoms with van der Waals surface area (Å²) in [7, 11) is 3.96. The number of carbonyl (C=O) groups is 1. The summed E-state index contributed by atoms with van der Waals surface area (Å²) in [6, 6.07) is 2.68. The molecule has 1 aromatic rings.